The molecule has 1 aliphatic heterocycles. The summed E-state index contributed by atoms with van der Waals surface area (Å²) >= 11 is 0. The van der Waals surface area contributed by atoms with E-state index >= 15 is 0 Å². The Kier molecular flexibility index (Phi) is 7.09. The van der Waals surface area contributed by atoms with Crippen LogP contribution in [0, 0.1) is 0 Å². The number of aromatic nitrogens is 1. The molecule has 7 heteroatoms. The summed E-state index contributed by atoms with van der Waals surface area (Å²) in [6.07, 6.45) is 0.615. The predicted octanol–water partition coefficient (Wildman–Crippen LogP) is 4.79. The van der Waals surface area contributed by atoms with Crippen LogP contribution in [0.5, 0.6) is 5.75 Å². The molecule has 0 aliphatic carbocycles. The zero-order chi connectivity index (χ0) is 26.6. The van der Waals surface area contributed by atoms with Gasteiger partial charge in [0.15, 0.2) is 17.7 Å². The molecular formula is C31H29N3O4. The van der Waals surface area contributed by atoms with E-state index in [-0.39, 0.29) is 48.4 Å². The SMILES string of the molecule is CC(C)N1CN(C(c2ccccc2)c2ccccc2)n2c(C=O)cc(=O)c(OCc3ccccc3)c2C1=O. The van der Waals surface area contributed by atoms with Crippen molar-refractivity contribution in [3.05, 3.63) is 135 Å². The third kappa shape index (κ3) is 4.70. The molecule has 5 rings (SSSR count). The molecule has 38 heavy (non-hydrogen) atoms. The Bertz CT molecular complexity index is 1450. The van der Waals surface area contributed by atoms with Gasteiger partial charge in [-0.25, -0.2) is 4.68 Å². The minimum Gasteiger partial charge on any atom is -0.482 e. The zero-order valence-corrected chi connectivity index (χ0v) is 21.4. The van der Waals surface area contributed by atoms with Gasteiger partial charge in [0.25, 0.3) is 5.91 Å². The van der Waals surface area contributed by atoms with Crippen LogP contribution in [0.2, 0.25) is 0 Å². The van der Waals surface area contributed by atoms with Gasteiger partial charge in [-0.2, -0.15) is 0 Å². The van der Waals surface area contributed by atoms with Gasteiger partial charge in [-0.15, -0.1) is 0 Å². The minimum atomic E-state index is -0.510. The number of rotatable bonds is 8. The summed E-state index contributed by atoms with van der Waals surface area (Å²) in [5.74, 6) is -0.431. The molecule has 0 bridgehead atoms. The maximum atomic E-state index is 13.9. The van der Waals surface area contributed by atoms with Crippen LogP contribution in [0.4, 0.5) is 0 Å². The fourth-order valence-corrected chi connectivity index (χ4v) is 4.84. The summed E-state index contributed by atoms with van der Waals surface area (Å²) in [6.45, 7) is 4.18. The highest BCUT2D eigenvalue weighted by Crippen LogP contribution is 2.33. The van der Waals surface area contributed by atoms with Crippen LogP contribution in [0.15, 0.2) is 102 Å². The van der Waals surface area contributed by atoms with E-state index in [1.165, 1.54) is 6.07 Å². The van der Waals surface area contributed by atoms with E-state index < -0.39 is 5.43 Å². The van der Waals surface area contributed by atoms with Gasteiger partial charge in [-0.1, -0.05) is 91.0 Å². The summed E-state index contributed by atoms with van der Waals surface area (Å²) < 4.78 is 7.61. The molecule has 4 aromatic rings. The Balaban J connectivity index is 1.74. The van der Waals surface area contributed by atoms with Crippen LogP contribution in [0.3, 0.4) is 0 Å². The molecule has 1 aliphatic rings. The van der Waals surface area contributed by atoms with Crippen LogP contribution in [0.1, 0.15) is 57.6 Å². The lowest BCUT2D eigenvalue weighted by molar-refractivity contribution is 0.0616. The van der Waals surface area contributed by atoms with Gasteiger partial charge in [0, 0.05) is 12.1 Å². The summed E-state index contributed by atoms with van der Waals surface area (Å²) in [5.41, 5.74) is 2.44. The van der Waals surface area contributed by atoms with Crippen molar-refractivity contribution < 1.29 is 14.3 Å². The number of fused-ring (bicyclic) bond motifs is 1. The highest BCUT2D eigenvalue weighted by atomic mass is 16.5. The Labute approximate surface area is 221 Å². The van der Waals surface area contributed by atoms with E-state index in [2.05, 4.69) is 0 Å². The lowest BCUT2D eigenvalue weighted by atomic mass is 9.98. The predicted molar refractivity (Wildman–Crippen MR) is 146 cm³/mol. The zero-order valence-electron chi connectivity index (χ0n) is 21.4. The molecule has 0 saturated carbocycles. The fraction of sp³-hybridized carbons (Fsp3) is 0.194. The van der Waals surface area contributed by atoms with E-state index in [4.69, 9.17) is 4.74 Å². The van der Waals surface area contributed by atoms with Crippen molar-refractivity contribution in [3.8, 4) is 5.75 Å². The van der Waals surface area contributed by atoms with Crippen molar-refractivity contribution >= 4 is 12.2 Å². The number of nitrogens with zero attached hydrogens (tertiary/aromatic N) is 3. The number of ether oxygens (including phenoxy) is 1. The molecule has 0 spiro atoms. The van der Waals surface area contributed by atoms with Crippen LogP contribution < -0.4 is 15.2 Å². The topological polar surface area (TPSA) is 71.8 Å². The van der Waals surface area contributed by atoms with Gasteiger partial charge in [0.2, 0.25) is 5.43 Å². The maximum absolute atomic E-state index is 13.9. The second-order valence-electron chi connectivity index (χ2n) is 9.49. The Hall–Kier alpha value is -4.65. The van der Waals surface area contributed by atoms with Crippen molar-refractivity contribution in [1.82, 2.24) is 9.58 Å². The average molecular weight is 508 g/mol. The lowest BCUT2D eigenvalue weighted by Gasteiger charge is -2.46. The number of benzene rings is 3. The Morgan fingerprint density at radius 3 is 1.92 bits per heavy atom. The first-order valence-corrected chi connectivity index (χ1v) is 12.6. The van der Waals surface area contributed by atoms with E-state index in [1.807, 2.05) is 110 Å². The molecule has 1 amide bonds. The number of amides is 1. The molecule has 1 aromatic heterocycles. The molecular weight excluding hydrogens is 478 g/mol. The van der Waals surface area contributed by atoms with Crippen LogP contribution >= 0.6 is 0 Å². The highest BCUT2D eigenvalue weighted by molar-refractivity contribution is 5.97. The molecule has 2 heterocycles. The Morgan fingerprint density at radius 2 is 1.39 bits per heavy atom. The standard InChI is InChI=1S/C31H29N3O4/c1-22(2)32-21-33(28(24-14-8-4-9-15-24)25-16-10-5-11-17-25)34-26(19-35)18-27(36)30(29(34)31(32)37)38-20-23-12-6-3-7-13-23/h3-19,22,28H,20-21H2,1-2H3. The first kappa shape index (κ1) is 25.0. The van der Waals surface area contributed by atoms with Crippen LogP contribution in [0.25, 0.3) is 0 Å². The number of aldehydes is 1. The van der Waals surface area contributed by atoms with Crippen LogP contribution in [-0.2, 0) is 6.61 Å². The Morgan fingerprint density at radius 1 is 0.842 bits per heavy atom. The van der Waals surface area contributed by atoms with Gasteiger partial charge >= 0.3 is 0 Å². The fourth-order valence-electron chi connectivity index (χ4n) is 4.84. The first-order chi connectivity index (χ1) is 18.5. The molecule has 0 atom stereocenters. The number of hydrogen-bond acceptors (Lipinski definition) is 5. The lowest BCUT2D eigenvalue weighted by Crippen LogP contribution is -2.58. The molecule has 0 N–H and O–H groups in total. The quantitative estimate of drug-likeness (QED) is 0.321. The maximum Gasteiger partial charge on any atom is 0.278 e. The van der Waals surface area contributed by atoms with Crippen molar-refractivity contribution in [2.24, 2.45) is 0 Å². The van der Waals surface area contributed by atoms with E-state index in [1.54, 1.807) is 9.58 Å². The number of pyridine rings is 1. The highest BCUT2D eigenvalue weighted by Gasteiger charge is 2.39. The summed E-state index contributed by atoms with van der Waals surface area (Å²) in [6, 6.07) is 30.0. The van der Waals surface area contributed by atoms with Gasteiger partial charge in [0.1, 0.15) is 19.0 Å². The van der Waals surface area contributed by atoms with Gasteiger partial charge < -0.3 is 9.64 Å². The summed E-state index contributed by atoms with van der Waals surface area (Å²) in [5, 5.41) is 1.96. The molecule has 192 valence electrons. The summed E-state index contributed by atoms with van der Waals surface area (Å²) in [4.78, 5) is 41.2. The third-order valence-electron chi connectivity index (χ3n) is 6.69. The molecule has 0 fully saturated rings. The minimum absolute atomic E-state index is 0.0485. The van der Waals surface area contributed by atoms with Gasteiger partial charge in [-0.05, 0) is 30.5 Å². The molecule has 7 nitrogen and oxygen atoms in total. The number of hydrogen-bond donors (Lipinski definition) is 0. The smallest absolute Gasteiger partial charge is 0.278 e. The molecule has 0 unspecified atom stereocenters. The van der Waals surface area contributed by atoms with E-state index in [9.17, 15) is 14.4 Å². The monoisotopic (exact) mass is 507 g/mol. The van der Waals surface area contributed by atoms with Crippen molar-refractivity contribution in [1.29, 1.82) is 0 Å². The average Bonchev–Trinajstić information content (AvgIpc) is 2.95. The largest absolute Gasteiger partial charge is 0.482 e. The molecule has 3 aromatic carbocycles. The first-order valence-electron chi connectivity index (χ1n) is 12.6. The van der Waals surface area contributed by atoms with Crippen molar-refractivity contribution in [2.75, 3.05) is 11.7 Å². The summed E-state index contributed by atoms with van der Waals surface area (Å²) in [7, 11) is 0. The molecule has 0 radical (unpaired) electrons. The van der Waals surface area contributed by atoms with E-state index in [0.717, 1.165) is 16.7 Å². The number of carbonyl (C=O) groups excluding carboxylic acids is 2. The molecule has 0 saturated heterocycles. The second kappa shape index (κ2) is 10.8. The third-order valence-corrected chi connectivity index (χ3v) is 6.69. The van der Waals surface area contributed by atoms with E-state index in [0.29, 0.717) is 6.29 Å². The second-order valence-corrected chi connectivity index (χ2v) is 9.49. The van der Waals surface area contributed by atoms with Crippen molar-refractivity contribution in [2.45, 2.75) is 32.5 Å². The van der Waals surface area contributed by atoms with Crippen molar-refractivity contribution in [3.63, 3.8) is 0 Å². The van der Waals surface area contributed by atoms with Gasteiger partial charge in [-0.3, -0.25) is 19.4 Å². The van der Waals surface area contributed by atoms with Gasteiger partial charge in [0.05, 0.1) is 6.04 Å². The van der Waals surface area contributed by atoms with Crippen LogP contribution in [-0.4, -0.2) is 34.5 Å². The normalized spacial score (nSPS) is 13.1. The number of carbonyl (C=O) groups is 2.